The van der Waals surface area contributed by atoms with Crippen molar-refractivity contribution in [3.63, 3.8) is 0 Å². The van der Waals surface area contributed by atoms with Crippen LogP contribution in [0.25, 0.3) is 0 Å². The maximum absolute atomic E-state index is 12.3. The molecule has 2 N–H and O–H groups in total. The van der Waals surface area contributed by atoms with Gasteiger partial charge in [0.1, 0.15) is 6.04 Å². The Morgan fingerprint density at radius 2 is 2.00 bits per heavy atom. The molecule has 3 fully saturated rings. The third kappa shape index (κ3) is 2.05. The summed E-state index contributed by atoms with van der Waals surface area (Å²) < 4.78 is 0. The highest BCUT2D eigenvalue weighted by Crippen LogP contribution is 2.41. The number of carbonyl (C=O) groups is 4. The van der Waals surface area contributed by atoms with Crippen molar-refractivity contribution in [3.8, 4) is 0 Å². The molecule has 114 valence electrons. The summed E-state index contributed by atoms with van der Waals surface area (Å²) in [5.74, 6) is -2.15. The quantitative estimate of drug-likeness (QED) is 0.661. The highest BCUT2D eigenvalue weighted by Gasteiger charge is 2.52. The zero-order valence-electron chi connectivity index (χ0n) is 11.6. The van der Waals surface area contributed by atoms with E-state index in [9.17, 15) is 19.2 Å². The number of likely N-dealkylation sites (N-methyl/N-ethyl adjacent to an activating group) is 1. The molecule has 0 aromatic heterocycles. The predicted octanol–water partition coefficient (Wildman–Crippen LogP) is -0.609. The van der Waals surface area contributed by atoms with Crippen molar-refractivity contribution in [2.24, 2.45) is 5.92 Å². The van der Waals surface area contributed by atoms with Gasteiger partial charge in [-0.3, -0.25) is 19.3 Å². The van der Waals surface area contributed by atoms with Crippen molar-refractivity contribution in [1.82, 2.24) is 15.1 Å². The standard InChI is InChI=1S/C13H17N3O5/c1-15-10(17)5-8(11(15)18)14-13(21)16-6-2-3-9(16)7(4-6)12(19)20/h6-9H,2-5H2,1H3,(H,14,21)(H,19,20). The van der Waals surface area contributed by atoms with Gasteiger partial charge in [-0.1, -0.05) is 0 Å². The van der Waals surface area contributed by atoms with Crippen molar-refractivity contribution in [2.75, 3.05) is 7.05 Å². The number of carboxylic acids is 1. The van der Waals surface area contributed by atoms with Gasteiger partial charge >= 0.3 is 12.0 Å². The van der Waals surface area contributed by atoms with Gasteiger partial charge in [0.2, 0.25) is 5.91 Å². The average molecular weight is 295 g/mol. The molecule has 0 saturated carbocycles. The van der Waals surface area contributed by atoms with E-state index in [4.69, 9.17) is 5.11 Å². The number of amides is 4. The van der Waals surface area contributed by atoms with E-state index in [2.05, 4.69) is 5.32 Å². The Bertz CT molecular complexity index is 534. The summed E-state index contributed by atoms with van der Waals surface area (Å²) in [5, 5.41) is 11.7. The van der Waals surface area contributed by atoms with E-state index < -0.39 is 29.9 Å². The topological polar surface area (TPSA) is 107 Å². The van der Waals surface area contributed by atoms with Crippen molar-refractivity contribution in [1.29, 1.82) is 0 Å². The van der Waals surface area contributed by atoms with Gasteiger partial charge in [0, 0.05) is 19.1 Å². The third-order valence-electron chi connectivity index (χ3n) is 4.77. The van der Waals surface area contributed by atoms with Crippen LogP contribution in [0.3, 0.4) is 0 Å². The molecule has 3 aliphatic rings. The number of imide groups is 1. The smallest absolute Gasteiger partial charge is 0.318 e. The summed E-state index contributed by atoms with van der Waals surface area (Å²) in [5.41, 5.74) is 0. The monoisotopic (exact) mass is 295 g/mol. The summed E-state index contributed by atoms with van der Waals surface area (Å²) in [6.07, 6.45) is 1.89. The van der Waals surface area contributed by atoms with E-state index in [-0.39, 0.29) is 24.4 Å². The van der Waals surface area contributed by atoms with Crippen LogP contribution in [0.4, 0.5) is 4.79 Å². The molecule has 0 radical (unpaired) electrons. The molecule has 3 saturated heterocycles. The Kier molecular flexibility index (Phi) is 3.11. The second-order valence-electron chi connectivity index (χ2n) is 5.88. The Labute approximate surface area is 121 Å². The number of hydrogen-bond donors (Lipinski definition) is 2. The van der Waals surface area contributed by atoms with E-state index in [0.717, 1.165) is 11.3 Å². The number of carboxylic acid groups (broad SMARTS) is 1. The van der Waals surface area contributed by atoms with E-state index in [1.54, 1.807) is 4.90 Å². The molecule has 0 aliphatic carbocycles. The molecule has 2 bridgehead atoms. The Balaban J connectivity index is 1.69. The van der Waals surface area contributed by atoms with Crippen LogP contribution in [-0.4, -0.2) is 63.9 Å². The second kappa shape index (κ2) is 4.71. The van der Waals surface area contributed by atoms with Crippen LogP contribution in [-0.2, 0) is 14.4 Å². The number of fused-ring (bicyclic) bond motifs is 2. The Morgan fingerprint density at radius 3 is 2.52 bits per heavy atom. The van der Waals surface area contributed by atoms with E-state index in [1.165, 1.54) is 7.05 Å². The molecule has 4 amide bonds. The van der Waals surface area contributed by atoms with Crippen LogP contribution in [0, 0.1) is 5.92 Å². The number of nitrogens with one attached hydrogen (secondary N) is 1. The lowest BCUT2D eigenvalue weighted by Crippen LogP contribution is -2.49. The van der Waals surface area contributed by atoms with Gasteiger partial charge in [-0.25, -0.2) is 4.79 Å². The molecule has 4 atom stereocenters. The lowest BCUT2D eigenvalue weighted by atomic mass is 9.89. The molecular weight excluding hydrogens is 278 g/mol. The molecule has 0 spiro atoms. The number of urea groups is 1. The van der Waals surface area contributed by atoms with Crippen LogP contribution in [0.5, 0.6) is 0 Å². The Morgan fingerprint density at radius 1 is 1.29 bits per heavy atom. The summed E-state index contributed by atoms with van der Waals surface area (Å²) in [6.45, 7) is 0. The fraction of sp³-hybridized carbons (Fsp3) is 0.692. The van der Waals surface area contributed by atoms with E-state index >= 15 is 0 Å². The van der Waals surface area contributed by atoms with Gasteiger partial charge < -0.3 is 15.3 Å². The van der Waals surface area contributed by atoms with Crippen LogP contribution in [0.15, 0.2) is 0 Å². The highest BCUT2D eigenvalue weighted by molar-refractivity contribution is 6.06. The minimum atomic E-state index is -0.883. The minimum absolute atomic E-state index is 0.0351. The van der Waals surface area contributed by atoms with Crippen molar-refractivity contribution in [3.05, 3.63) is 0 Å². The van der Waals surface area contributed by atoms with Crippen LogP contribution >= 0.6 is 0 Å². The molecule has 3 aliphatic heterocycles. The summed E-state index contributed by atoms with van der Waals surface area (Å²) in [7, 11) is 1.39. The minimum Gasteiger partial charge on any atom is -0.481 e. The summed E-state index contributed by atoms with van der Waals surface area (Å²) >= 11 is 0. The predicted molar refractivity (Wildman–Crippen MR) is 69.1 cm³/mol. The summed E-state index contributed by atoms with van der Waals surface area (Å²) in [6, 6.07) is -1.66. The molecular formula is C13H17N3O5. The molecule has 0 aromatic rings. The second-order valence-corrected chi connectivity index (χ2v) is 5.88. The average Bonchev–Trinajstić information content (AvgIpc) is 3.07. The van der Waals surface area contributed by atoms with Gasteiger partial charge in [-0.05, 0) is 19.3 Å². The highest BCUT2D eigenvalue weighted by atomic mass is 16.4. The maximum atomic E-state index is 12.3. The molecule has 21 heavy (non-hydrogen) atoms. The molecule has 3 rings (SSSR count). The SMILES string of the molecule is CN1C(=O)CC(NC(=O)N2C3CCC2C(C(=O)O)C3)C1=O. The fourth-order valence-corrected chi connectivity index (χ4v) is 3.66. The van der Waals surface area contributed by atoms with Gasteiger partial charge in [0.15, 0.2) is 0 Å². The normalized spacial score (nSPS) is 34.7. The number of likely N-dealkylation sites (tertiary alicyclic amines) is 1. The molecule has 3 heterocycles. The zero-order chi connectivity index (χ0) is 15.3. The molecule has 8 heteroatoms. The largest absolute Gasteiger partial charge is 0.481 e. The first-order valence-electron chi connectivity index (χ1n) is 7.02. The maximum Gasteiger partial charge on any atom is 0.318 e. The first kappa shape index (κ1) is 13.8. The molecule has 4 unspecified atom stereocenters. The van der Waals surface area contributed by atoms with Crippen LogP contribution in [0.1, 0.15) is 25.7 Å². The van der Waals surface area contributed by atoms with Crippen molar-refractivity contribution in [2.45, 2.75) is 43.8 Å². The molecule has 8 nitrogen and oxygen atoms in total. The Hall–Kier alpha value is -2.12. The number of carbonyl (C=O) groups excluding carboxylic acids is 3. The van der Waals surface area contributed by atoms with E-state index in [0.29, 0.717) is 12.8 Å². The lowest BCUT2D eigenvalue weighted by Gasteiger charge is -2.24. The van der Waals surface area contributed by atoms with Crippen molar-refractivity contribution >= 4 is 23.8 Å². The van der Waals surface area contributed by atoms with E-state index in [1.807, 2.05) is 0 Å². The van der Waals surface area contributed by atoms with Gasteiger partial charge in [-0.2, -0.15) is 0 Å². The number of nitrogens with zero attached hydrogens (tertiary/aromatic N) is 2. The first-order chi connectivity index (χ1) is 9.90. The number of aliphatic carboxylic acids is 1. The first-order valence-corrected chi connectivity index (χ1v) is 7.02. The number of rotatable bonds is 2. The summed E-state index contributed by atoms with van der Waals surface area (Å²) in [4.78, 5) is 49.3. The third-order valence-corrected chi connectivity index (χ3v) is 4.77. The van der Waals surface area contributed by atoms with Crippen molar-refractivity contribution < 1.29 is 24.3 Å². The van der Waals surface area contributed by atoms with Crippen LogP contribution in [0.2, 0.25) is 0 Å². The van der Waals surface area contributed by atoms with Crippen LogP contribution < -0.4 is 5.32 Å². The fourth-order valence-electron chi connectivity index (χ4n) is 3.66. The van der Waals surface area contributed by atoms with Gasteiger partial charge in [0.05, 0.1) is 12.3 Å². The number of hydrogen-bond acceptors (Lipinski definition) is 4. The van der Waals surface area contributed by atoms with Gasteiger partial charge in [0.25, 0.3) is 5.91 Å². The van der Waals surface area contributed by atoms with Gasteiger partial charge in [-0.15, -0.1) is 0 Å². The molecule has 0 aromatic carbocycles. The lowest BCUT2D eigenvalue weighted by molar-refractivity contribution is -0.142. The zero-order valence-corrected chi connectivity index (χ0v) is 11.6.